The Morgan fingerprint density at radius 1 is 0.814 bits per heavy atom. The predicted octanol–water partition coefficient (Wildman–Crippen LogP) is 11.6. The maximum atomic E-state index is 12.0. The van der Waals surface area contributed by atoms with Crippen molar-refractivity contribution < 1.29 is 9.22 Å². The van der Waals surface area contributed by atoms with E-state index >= 15 is 0 Å². The van der Waals surface area contributed by atoms with Gasteiger partial charge in [0.25, 0.3) is 0 Å². The van der Waals surface area contributed by atoms with Gasteiger partial charge >= 0.3 is 0 Å². The summed E-state index contributed by atoms with van der Waals surface area (Å²) < 4.78 is 6.99. The van der Waals surface area contributed by atoms with Crippen molar-refractivity contribution in [3.63, 3.8) is 0 Å². The van der Waals surface area contributed by atoms with E-state index in [-0.39, 0.29) is 27.8 Å². The number of hydrogen-bond donors (Lipinski definition) is 0. The maximum absolute atomic E-state index is 12.0. The molecule has 3 aromatic rings. The van der Waals surface area contributed by atoms with E-state index in [0.717, 1.165) is 36.8 Å². The van der Waals surface area contributed by atoms with Crippen LogP contribution < -0.4 is 0 Å². The van der Waals surface area contributed by atoms with Crippen molar-refractivity contribution in [2.75, 3.05) is 0 Å². The van der Waals surface area contributed by atoms with Gasteiger partial charge in [-0.15, -0.1) is 0 Å². The summed E-state index contributed by atoms with van der Waals surface area (Å²) in [5.41, 5.74) is 9.90. The molecule has 43 heavy (non-hydrogen) atoms. The Morgan fingerprint density at radius 2 is 1.40 bits per heavy atom. The molecule has 0 radical (unpaired) electrons. The van der Waals surface area contributed by atoms with Crippen LogP contribution in [0.4, 0.5) is 0 Å². The zero-order chi connectivity index (χ0) is 32.4. The van der Waals surface area contributed by atoms with Crippen LogP contribution in [-0.4, -0.2) is 20.2 Å². The molecule has 0 aromatic heterocycles. The molecule has 0 saturated carbocycles. The first-order valence-electron chi connectivity index (χ1n) is 16.4. The van der Waals surface area contributed by atoms with Crippen LogP contribution in [-0.2, 0) is 16.3 Å². The molecular weight excluding hydrogens is 541 g/mol. The van der Waals surface area contributed by atoms with Crippen LogP contribution in [0.1, 0.15) is 120 Å². The van der Waals surface area contributed by atoms with E-state index in [1.807, 2.05) is 18.2 Å². The number of carbonyl (C=O) groups excluding carboxylic acids is 1. The van der Waals surface area contributed by atoms with Gasteiger partial charge in [0.1, 0.15) is 0 Å². The first-order chi connectivity index (χ1) is 19.9. The number of carbonyl (C=O) groups is 1. The van der Waals surface area contributed by atoms with E-state index in [1.165, 1.54) is 33.4 Å². The Balaban J connectivity index is 1.91. The predicted molar refractivity (Wildman–Crippen MR) is 189 cm³/mol. The van der Waals surface area contributed by atoms with Crippen molar-refractivity contribution in [1.29, 1.82) is 0 Å². The number of benzene rings is 3. The van der Waals surface area contributed by atoms with Crippen LogP contribution in [0.25, 0.3) is 11.1 Å². The molecule has 0 amide bonds. The summed E-state index contributed by atoms with van der Waals surface area (Å²) >= 11 is 0. The van der Waals surface area contributed by atoms with Crippen LogP contribution in [0.2, 0.25) is 18.1 Å². The van der Waals surface area contributed by atoms with E-state index in [0.29, 0.717) is 0 Å². The Hall–Kier alpha value is -2.49. The van der Waals surface area contributed by atoms with Crippen molar-refractivity contribution in [2.45, 2.75) is 131 Å². The molecule has 2 nitrogen and oxygen atoms in total. The molecule has 0 aliphatic carbocycles. The van der Waals surface area contributed by atoms with Gasteiger partial charge in [0.05, 0.1) is 6.10 Å². The molecule has 0 saturated heterocycles. The smallest absolute Gasteiger partial charge is 0.192 e. The number of hydrogen-bond acceptors (Lipinski definition) is 2. The average Bonchev–Trinajstić information content (AvgIpc) is 2.91. The third kappa shape index (κ3) is 7.78. The normalized spacial score (nSPS) is 13.7. The lowest BCUT2D eigenvalue weighted by Gasteiger charge is -2.43. The fourth-order valence-electron chi connectivity index (χ4n) is 6.19. The molecule has 0 aliphatic heterocycles. The molecule has 0 heterocycles. The van der Waals surface area contributed by atoms with Crippen LogP contribution in [0.3, 0.4) is 0 Å². The number of aryl methyl sites for hydroxylation is 3. The van der Waals surface area contributed by atoms with Crippen molar-refractivity contribution in [2.24, 2.45) is 5.41 Å². The van der Waals surface area contributed by atoms with Gasteiger partial charge in [0, 0.05) is 11.0 Å². The lowest BCUT2D eigenvalue weighted by atomic mass is 9.69. The van der Waals surface area contributed by atoms with E-state index in [1.54, 1.807) is 6.92 Å². The molecule has 234 valence electrons. The van der Waals surface area contributed by atoms with Crippen molar-refractivity contribution in [1.82, 2.24) is 0 Å². The average molecular weight is 599 g/mol. The Labute approximate surface area is 264 Å². The van der Waals surface area contributed by atoms with Gasteiger partial charge < -0.3 is 4.43 Å². The zero-order valence-corrected chi connectivity index (χ0v) is 30.5. The summed E-state index contributed by atoms with van der Waals surface area (Å²) in [5.74, 6) is 0.1000. The largest absolute Gasteiger partial charge is 0.413 e. The second-order valence-corrected chi connectivity index (χ2v) is 20.1. The van der Waals surface area contributed by atoms with Crippen LogP contribution in [0.5, 0.6) is 0 Å². The lowest BCUT2D eigenvalue weighted by Crippen LogP contribution is -2.47. The number of Topliss-reactive ketones (excluding diaryl/α,β-unsaturated/α-hetero) is 1. The fourth-order valence-corrected chi connectivity index (χ4v) is 7.72. The minimum absolute atomic E-state index is 0.0484. The van der Waals surface area contributed by atoms with Gasteiger partial charge in [-0.2, -0.15) is 0 Å². The topological polar surface area (TPSA) is 26.3 Å². The summed E-state index contributed by atoms with van der Waals surface area (Å²) in [5, 5.41) is 0.201. The molecule has 0 fully saturated rings. The molecule has 0 N–H and O–H groups in total. The number of rotatable bonds is 11. The molecule has 3 rings (SSSR count). The Morgan fingerprint density at radius 3 is 1.88 bits per heavy atom. The van der Waals surface area contributed by atoms with Crippen molar-refractivity contribution >= 4 is 14.1 Å². The zero-order valence-electron chi connectivity index (χ0n) is 29.5. The van der Waals surface area contributed by atoms with Crippen molar-refractivity contribution in [3.05, 3.63) is 94.0 Å². The quantitative estimate of drug-likeness (QED) is 0.162. The highest BCUT2D eigenvalue weighted by Crippen LogP contribution is 2.43. The van der Waals surface area contributed by atoms with Gasteiger partial charge in [-0.05, 0) is 115 Å². The number of ketones is 1. The van der Waals surface area contributed by atoms with Gasteiger partial charge in [0.15, 0.2) is 14.1 Å². The van der Waals surface area contributed by atoms with E-state index in [2.05, 4.69) is 125 Å². The van der Waals surface area contributed by atoms with E-state index < -0.39 is 8.32 Å². The fraction of sp³-hybridized carbons (Fsp3) is 0.525. The first-order valence-corrected chi connectivity index (χ1v) is 19.3. The summed E-state index contributed by atoms with van der Waals surface area (Å²) in [6, 6.07) is 22.1. The first kappa shape index (κ1) is 35.0. The molecule has 3 heteroatoms. The maximum Gasteiger partial charge on any atom is 0.192 e. The second-order valence-electron chi connectivity index (χ2n) is 15.4. The molecular formula is C40H58O2Si. The highest BCUT2D eigenvalue weighted by molar-refractivity contribution is 6.74. The molecule has 1 atom stereocenters. The molecule has 0 spiro atoms. The van der Waals surface area contributed by atoms with Gasteiger partial charge in [-0.25, -0.2) is 0 Å². The van der Waals surface area contributed by atoms with Crippen LogP contribution in [0, 0.1) is 19.3 Å². The summed E-state index contributed by atoms with van der Waals surface area (Å²) in [6.45, 7) is 29.5. The van der Waals surface area contributed by atoms with Gasteiger partial charge in [-0.1, -0.05) is 110 Å². The molecule has 0 aliphatic rings. The summed E-state index contributed by atoms with van der Waals surface area (Å²) in [4.78, 5) is 12.0. The van der Waals surface area contributed by atoms with E-state index in [9.17, 15) is 4.79 Å². The Bertz CT molecular complexity index is 1410. The standard InChI is InChI=1S/C40H58O2Si/c1-14-40(15-2,35-22-23-36(29(4)26-35)33-18-16-17-32(27-33)30(5)41)34-21-19-31(28(3)25-34)20-24-37(38(6,7)8)42-43(12,13)39(9,10)11/h16-19,21-23,25-27,37H,14-15,20,24H2,1-13H3. The highest BCUT2D eigenvalue weighted by atomic mass is 28.4. The monoisotopic (exact) mass is 598 g/mol. The minimum atomic E-state index is -1.86. The third-order valence-electron chi connectivity index (χ3n) is 10.3. The van der Waals surface area contributed by atoms with Gasteiger partial charge in [0.2, 0.25) is 0 Å². The van der Waals surface area contributed by atoms with E-state index in [4.69, 9.17) is 4.43 Å². The van der Waals surface area contributed by atoms with Crippen LogP contribution >= 0.6 is 0 Å². The van der Waals surface area contributed by atoms with Crippen LogP contribution in [0.15, 0.2) is 60.7 Å². The van der Waals surface area contributed by atoms with Crippen molar-refractivity contribution in [3.8, 4) is 11.1 Å². The molecule has 1 unspecified atom stereocenters. The molecule has 3 aromatic carbocycles. The summed E-state index contributed by atoms with van der Waals surface area (Å²) in [7, 11) is -1.86. The minimum Gasteiger partial charge on any atom is -0.413 e. The highest BCUT2D eigenvalue weighted by Gasteiger charge is 2.41. The Kier molecular flexibility index (Phi) is 10.8. The second kappa shape index (κ2) is 13.2. The lowest BCUT2D eigenvalue weighted by molar-refractivity contribution is 0.0657. The van der Waals surface area contributed by atoms with Gasteiger partial charge in [-0.3, -0.25) is 4.79 Å². The third-order valence-corrected chi connectivity index (χ3v) is 14.8. The molecule has 0 bridgehead atoms. The summed E-state index contributed by atoms with van der Waals surface area (Å²) in [6.07, 6.45) is 4.37. The SMILES string of the molecule is CCC(CC)(c1ccc(CCC(O[Si](C)(C)C(C)(C)C)C(C)(C)C)c(C)c1)c1ccc(-c2cccc(C(C)=O)c2)c(C)c1.